The van der Waals surface area contributed by atoms with Crippen LogP contribution in [0.3, 0.4) is 0 Å². The fraction of sp³-hybridized carbons (Fsp3) is 0.263. The number of nitrogens with zero attached hydrogens (tertiary/aromatic N) is 6. The number of halogens is 3. The molecule has 15 heteroatoms. The van der Waals surface area contributed by atoms with E-state index in [4.69, 9.17) is 4.42 Å². The molecule has 3 heterocycles. The van der Waals surface area contributed by atoms with Gasteiger partial charge in [0.25, 0.3) is 0 Å². The van der Waals surface area contributed by atoms with Crippen molar-refractivity contribution in [2.24, 2.45) is 4.36 Å². The number of aromatic nitrogens is 5. The van der Waals surface area contributed by atoms with Crippen molar-refractivity contribution in [3.05, 3.63) is 43.0 Å². The molecule has 4 rings (SSSR count). The maximum absolute atomic E-state index is 13.5. The van der Waals surface area contributed by atoms with Gasteiger partial charge in [-0.05, 0) is 37.3 Å². The second-order valence-corrected chi connectivity index (χ2v) is 11.3. The Morgan fingerprint density at radius 3 is 2.47 bits per heavy atom. The SMILES string of the molecule is CCN=S(=O)(c1ccc2oc(-c3nc(-n4cncn4)ccc3S(=O)(=O)CC)nc2c1)C(F)(F)F. The smallest absolute Gasteiger partial charge is 0.435 e. The standard InChI is InChI=1S/C19H17F3N6O4S2/c1-3-25-34(31,19(20,21)22)12-5-6-14-13(9-12)26-18(32-14)17-15(33(29,30)4-2)7-8-16(27-17)28-11-23-10-24-28/h5-11H,3-4H2,1-2H3. The van der Waals surface area contributed by atoms with Crippen molar-refractivity contribution in [3.8, 4) is 17.4 Å². The van der Waals surface area contributed by atoms with E-state index in [0.717, 1.165) is 12.1 Å². The van der Waals surface area contributed by atoms with Crippen molar-refractivity contribution in [2.45, 2.75) is 29.1 Å². The summed E-state index contributed by atoms with van der Waals surface area (Å²) >= 11 is 0. The van der Waals surface area contributed by atoms with Gasteiger partial charge >= 0.3 is 5.51 Å². The second kappa shape index (κ2) is 8.47. The van der Waals surface area contributed by atoms with Gasteiger partial charge < -0.3 is 4.42 Å². The molecule has 0 radical (unpaired) electrons. The second-order valence-electron chi connectivity index (χ2n) is 6.83. The van der Waals surface area contributed by atoms with Crippen LogP contribution >= 0.6 is 0 Å². The van der Waals surface area contributed by atoms with Gasteiger partial charge in [-0.25, -0.2) is 36.6 Å². The highest BCUT2D eigenvalue weighted by molar-refractivity contribution is 7.94. The number of benzene rings is 1. The molecule has 0 N–H and O–H groups in total. The summed E-state index contributed by atoms with van der Waals surface area (Å²) in [5, 5.41) is 3.95. The predicted octanol–water partition coefficient (Wildman–Crippen LogP) is 3.63. The van der Waals surface area contributed by atoms with Crippen molar-refractivity contribution in [1.82, 2.24) is 24.7 Å². The van der Waals surface area contributed by atoms with E-state index in [1.807, 2.05) is 0 Å². The molecule has 0 bridgehead atoms. The number of alkyl halides is 3. The van der Waals surface area contributed by atoms with Gasteiger partial charge in [-0.1, -0.05) is 6.92 Å². The van der Waals surface area contributed by atoms with E-state index >= 15 is 0 Å². The lowest BCUT2D eigenvalue weighted by molar-refractivity contribution is -0.0403. The fourth-order valence-corrected chi connectivity index (χ4v) is 5.56. The first kappa shape index (κ1) is 23.8. The minimum Gasteiger partial charge on any atom is -0.435 e. The van der Waals surface area contributed by atoms with E-state index in [-0.39, 0.29) is 45.7 Å². The Morgan fingerprint density at radius 2 is 1.85 bits per heavy atom. The molecular weight excluding hydrogens is 497 g/mol. The minimum absolute atomic E-state index is 0.0481. The summed E-state index contributed by atoms with van der Waals surface area (Å²) in [6.45, 7) is 2.49. The van der Waals surface area contributed by atoms with Crippen molar-refractivity contribution >= 4 is 30.7 Å². The van der Waals surface area contributed by atoms with Gasteiger partial charge in [0.2, 0.25) is 5.89 Å². The molecule has 1 unspecified atom stereocenters. The Kier molecular flexibility index (Phi) is 5.93. The third-order valence-corrected chi connectivity index (χ3v) is 8.62. The van der Waals surface area contributed by atoms with Gasteiger partial charge in [-0.15, -0.1) is 0 Å². The van der Waals surface area contributed by atoms with E-state index in [0.29, 0.717) is 0 Å². The van der Waals surface area contributed by atoms with Crippen LogP contribution in [0.1, 0.15) is 13.8 Å². The van der Waals surface area contributed by atoms with Crippen LogP contribution in [-0.4, -0.2) is 55.2 Å². The number of pyridine rings is 1. The van der Waals surface area contributed by atoms with Crippen LogP contribution in [0.5, 0.6) is 0 Å². The maximum atomic E-state index is 13.5. The Balaban J connectivity index is 1.93. The van der Waals surface area contributed by atoms with E-state index in [9.17, 15) is 25.8 Å². The first-order valence-corrected chi connectivity index (χ1v) is 13.0. The van der Waals surface area contributed by atoms with Gasteiger partial charge in [0.15, 0.2) is 31.0 Å². The van der Waals surface area contributed by atoms with Crippen LogP contribution < -0.4 is 0 Å². The lowest BCUT2D eigenvalue weighted by Gasteiger charge is -2.13. The van der Waals surface area contributed by atoms with Gasteiger partial charge in [0.1, 0.15) is 23.9 Å². The number of hydrogen-bond acceptors (Lipinski definition) is 9. The third kappa shape index (κ3) is 4.04. The Morgan fingerprint density at radius 1 is 1.09 bits per heavy atom. The van der Waals surface area contributed by atoms with Crippen molar-refractivity contribution in [2.75, 3.05) is 12.3 Å². The molecule has 0 aliphatic rings. The molecule has 1 atom stereocenters. The molecule has 34 heavy (non-hydrogen) atoms. The van der Waals surface area contributed by atoms with Gasteiger partial charge in [0.05, 0.1) is 15.5 Å². The van der Waals surface area contributed by atoms with Gasteiger partial charge in [0, 0.05) is 6.54 Å². The predicted molar refractivity (Wildman–Crippen MR) is 115 cm³/mol. The highest BCUT2D eigenvalue weighted by atomic mass is 32.2. The fourth-order valence-electron chi connectivity index (χ4n) is 3.09. The van der Waals surface area contributed by atoms with Crippen LogP contribution in [-0.2, 0) is 19.6 Å². The molecule has 180 valence electrons. The van der Waals surface area contributed by atoms with E-state index in [1.54, 1.807) is 0 Å². The average molecular weight is 515 g/mol. The summed E-state index contributed by atoms with van der Waals surface area (Å²) in [6.07, 6.45) is 2.61. The molecule has 4 aromatic rings. The summed E-state index contributed by atoms with van der Waals surface area (Å²) in [5.74, 6) is -0.264. The highest BCUT2D eigenvalue weighted by Crippen LogP contribution is 2.35. The van der Waals surface area contributed by atoms with Crippen LogP contribution in [0.25, 0.3) is 28.5 Å². The molecular formula is C19H17F3N6O4S2. The van der Waals surface area contributed by atoms with Crippen molar-refractivity contribution in [3.63, 3.8) is 0 Å². The van der Waals surface area contributed by atoms with Crippen molar-refractivity contribution in [1.29, 1.82) is 0 Å². The van der Waals surface area contributed by atoms with Crippen molar-refractivity contribution < 1.29 is 30.2 Å². The number of fused-ring (bicyclic) bond motifs is 1. The molecule has 0 amide bonds. The number of hydrogen-bond donors (Lipinski definition) is 0. The monoisotopic (exact) mass is 514 g/mol. The largest absolute Gasteiger partial charge is 0.483 e. The Bertz CT molecular complexity index is 1590. The molecule has 0 spiro atoms. The first-order valence-electron chi connectivity index (χ1n) is 9.79. The summed E-state index contributed by atoms with van der Waals surface area (Å²) in [6, 6.07) is 5.87. The molecule has 0 saturated carbocycles. The lowest BCUT2D eigenvalue weighted by Crippen LogP contribution is -2.23. The van der Waals surface area contributed by atoms with Crippen LogP contribution in [0.15, 0.2) is 61.6 Å². The molecule has 0 aliphatic carbocycles. The highest BCUT2D eigenvalue weighted by Gasteiger charge is 2.44. The summed E-state index contributed by atoms with van der Waals surface area (Å²) in [5.41, 5.74) is -5.27. The van der Waals surface area contributed by atoms with E-state index in [1.165, 1.54) is 49.4 Å². The molecule has 1 aromatic carbocycles. The Labute approximate surface area is 192 Å². The number of rotatable bonds is 6. The summed E-state index contributed by atoms with van der Waals surface area (Å²) in [4.78, 5) is 11.5. The number of oxazole rings is 1. The molecule has 3 aromatic heterocycles. The van der Waals surface area contributed by atoms with E-state index in [2.05, 4.69) is 24.4 Å². The summed E-state index contributed by atoms with van der Waals surface area (Å²) in [7, 11) is -8.51. The molecule has 0 fully saturated rings. The first-order chi connectivity index (χ1) is 16.0. The third-order valence-electron chi connectivity index (χ3n) is 4.72. The van der Waals surface area contributed by atoms with Crippen LogP contribution in [0.4, 0.5) is 13.2 Å². The molecule has 0 aliphatic heterocycles. The Hall–Kier alpha value is -3.33. The topological polar surface area (TPSA) is 133 Å². The van der Waals surface area contributed by atoms with Gasteiger partial charge in [-0.3, -0.25) is 0 Å². The molecule has 10 nitrogen and oxygen atoms in total. The zero-order valence-corrected chi connectivity index (χ0v) is 19.4. The maximum Gasteiger partial charge on any atom is 0.483 e. The minimum atomic E-state index is -5.10. The zero-order chi connectivity index (χ0) is 24.7. The molecule has 0 saturated heterocycles. The van der Waals surface area contributed by atoms with Crippen LogP contribution in [0, 0.1) is 0 Å². The quantitative estimate of drug-likeness (QED) is 0.381. The van der Waals surface area contributed by atoms with Gasteiger partial charge in [-0.2, -0.15) is 18.3 Å². The lowest BCUT2D eigenvalue weighted by atomic mass is 10.3. The summed E-state index contributed by atoms with van der Waals surface area (Å²) < 4.78 is 88.8. The normalized spacial score (nSPS) is 14.3. The zero-order valence-electron chi connectivity index (χ0n) is 17.7. The van der Waals surface area contributed by atoms with E-state index < -0.39 is 30.0 Å². The van der Waals surface area contributed by atoms with Crippen LogP contribution in [0.2, 0.25) is 0 Å². The average Bonchev–Trinajstić information content (AvgIpc) is 3.47. The number of sulfone groups is 1.